The van der Waals surface area contributed by atoms with E-state index in [-0.39, 0.29) is 223 Å². The molecule has 18 nitrogen and oxygen atoms in total. The van der Waals surface area contributed by atoms with Crippen molar-refractivity contribution in [3.8, 4) is 0 Å². The van der Waals surface area contributed by atoms with Gasteiger partial charge in [-0.3, -0.25) is 0 Å². The van der Waals surface area contributed by atoms with Crippen molar-refractivity contribution >= 4 is 0 Å². The zero-order chi connectivity index (χ0) is 64.4. The third-order valence-corrected chi connectivity index (χ3v) is 0. The number of hydrogen-bond acceptors (Lipinski definition) is 0. The molecule has 0 aromatic carbocycles. The normalized spacial score (nSPS) is 7.20. The van der Waals surface area contributed by atoms with E-state index in [0.29, 0.717) is 0 Å². The van der Waals surface area contributed by atoms with Crippen LogP contribution in [0.25, 0.3) is 0 Å². The smallest absolute Gasteiger partial charge is 0.0661 e. The summed E-state index contributed by atoms with van der Waals surface area (Å²) in [5.41, 5.74) is 0. The summed E-state index contributed by atoms with van der Waals surface area (Å²) >= 11 is 0. The minimum absolute atomic E-state index is 0. The molecule has 612 valence electrons. The van der Waals surface area contributed by atoms with Crippen molar-refractivity contribution < 1.29 is 312 Å². The lowest BCUT2D eigenvalue weighted by Crippen LogP contribution is -3.02. The van der Waals surface area contributed by atoms with Crippen molar-refractivity contribution in [2.24, 2.45) is 0 Å². The summed E-state index contributed by atoms with van der Waals surface area (Å²) in [5.74, 6) is 0. The number of nitrogens with one attached hydrogen (secondary N) is 18. The monoisotopic (exact) mass is 1710 g/mol. The summed E-state index contributed by atoms with van der Waals surface area (Å²) < 4.78 is 0. The second kappa shape index (κ2) is 234. The molecule has 0 unspecified atom stereocenters. The Morgan fingerprint density at radius 1 is 0.0556 bits per heavy atom. The largest absolute Gasteiger partial charge is 1.00 e. The molecule has 0 aromatic heterocycles. The topological polar surface area (TPSA) is 79.9 Å². The van der Waals surface area contributed by atoms with Crippen molar-refractivity contribution in [2.45, 2.75) is 0 Å². The summed E-state index contributed by atoms with van der Waals surface area (Å²) in [7, 11) is 112. The lowest BCUT2D eigenvalue weighted by Gasteiger charge is -1.88. The third-order valence-electron chi connectivity index (χ3n) is 0. The molecule has 90 heavy (non-hydrogen) atoms. The summed E-state index contributed by atoms with van der Waals surface area (Å²) in [5, 5.41) is 0. The Morgan fingerprint density at radius 3 is 0.0556 bits per heavy atom. The molecule has 0 amide bonds. The van der Waals surface area contributed by atoms with Crippen LogP contribution < -0.4 is 312 Å². The van der Waals surface area contributed by atoms with Gasteiger partial charge in [0.25, 0.3) is 0 Å². The highest BCUT2D eigenvalue weighted by Crippen LogP contribution is 0.933. The van der Waals surface area contributed by atoms with Crippen molar-refractivity contribution in [1.29, 1.82) is 0 Å². The van der Waals surface area contributed by atoms with Crippen molar-refractivity contribution in [2.75, 3.05) is 381 Å². The van der Waals surface area contributed by atoms with Crippen LogP contribution >= 0.6 is 0 Å². The molecule has 18 N–H and O–H groups in total. The van der Waals surface area contributed by atoms with E-state index in [1.54, 1.807) is 0 Å². The molecule has 0 saturated heterocycles. The van der Waals surface area contributed by atoms with Gasteiger partial charge in [-0.05, 0) is 0 Å². The highest BCUT2D eigenvalue weighted by molar-refractivity contribution is 3.66. The maximum absolute atomic E-state index is 2.08. The Morgan fingerprint density at radius 2 is 0.0556 bits per heavy atom. The molecule has 0 aliphatic carbocycles. The predicted octanol–water partition coefficient (Wildman–Crippen LogP) is -76.2. The van der Waals surface area contributed by atoms with Crippen LogP contribution in [-0.2, 0) is 0 Å². The first-order valence-electron chi connectivity index (χ1n) is 27.0. The number of quaternary nitrogens is 18. The molecule has 0 fully saturated rings. The molecule has 0 radical (unpaired) electrons. The standard InChI is InChI=1S/18C3H9N.18ClH/c18*1-4(2)3;;;;;;;;;;;;;;;;;;/h18*1-3H3;18*1H. The van der Waals surface area contributed by atoms with Gasteiger partial charge in [-0.15, -0.1) is 0 Å². The lowest BCUT2D eigenvalue weighted by molar-refractivity contribution is -0.836. The highest BCUT2D eigenvalue weighted by atomic mass is 35.5. The first kappa shape index (κ1) is 241. The van der Waals surface area contributed by atoms with Gasteiger partial charge in [-0.25, -0.2) is 0 Å². The average molecular weight is 1720 g/mol. The fourth-order valence-electron chi connectivity index (χ4n) is 0. The zero-order valence-electron chi connectivity index (χ0n) is 69.8. The predicted molar refractivity (Wildman–Crippen MR) is 337 cm³/mol. The van der Waals surface area contributed by atoms with E-state index in [9.17, 15) is 0 Å². The molecule has 0 rings (SSSR count). The molecule has 0 bridgehead atoms. The quantitative estimate of drug-likeness (QED) is 0.114. The van der Waals surface area contributed by atoms with Crippen molar-refractivity contribution in [1.82, 2.24) is 0 Å². The van der Waals surface area contributed by atoms with Gasteiger partial charge in [-0.2, -0.15) is 0 Å². The fourth-order valence-corrected chi connectivity index (χ4v) is 0. The van der Waals surface area contributed by atoms with Crippen molar-refractivity contribution in [3.05, 3.63) is 0 Å². The van der Waals surface area contributed by atoms with Gasteiger partial charge in [0, 0.05) is 0 Å². The summed E-state index contributed by atoms with van der Waals surface area (Å²) in [6.45, 7) is 0. The van der Waals surface area contributed by atoms with E-state index < -0.39 is 0 Å². The summed E-state index contributed by atoms with van der Waals surface area (Å²) in [4.78, 5) is 25.5. The minimum atomic E-state index is 0. The number of halogens is 18. The maximum atomic E-state index is 2.08. The maximum Gasteiger partial charge on any atom is 0.0661 e. The van der Waals surface area contributed by atoms with E-state index in [4.69, 9.17) is 0 Å². The molecule has 0 aliphatic rings. The Hall–Kier alpha value is 4.50. The number of hydrogen-bond donors (Lipinski definition) is 18. The molecule has 0 saturated carbocycles. The highest BCUT2D eigenvalue weighted by Gasteiger charge is 1.67. The molecule has 0 spiro atoms. The second-order valence-corrected chi connectivity index (χ2v) is 27.0. The summed E-state index contributed by atoms with van der Waals surface area (Å²) in [6, 6.07) is 0. The van der Waals surface area contributed by atoms with Gasteiger partial charge in [0.1, 0.15) is 0 Å². The van der Waals surface area contributed by atoms with Crippen LogP contribution in [0, 0.1) is 0 Å². The summed E-state index contributed by atoms with van der Waals surface area (Å²) in [6.07, 6.45) is 0. The third kappa shape index (κ3) is 38200. The number of rotatable bonds is 0. The van der Waals surface area contributed by atoms with E-state index in [2.05, 4.69) is 381 Å². The minimum Gasteiger partial charge on any atom is -1.00 e. The van der Waals surface area contributed by atoms with Gasteiger partial charge in [-0.1, -0.05) is 0 Å². The Bertz CT molecular complexity index is 434. The van der Waals surface area contributed by atoms with Gasteiger partial charge < -0.3 is 312 Å². The van der Waals surface area contributed by atoms with E-state index in [1.807, 2.05) is 0 Å². The van der Waals surface area contributed by atoms with Crippen LogP contribution in [0.1, 0.15) is 0 Å². The van der Waals surface area contributed by atoms with Crippen LogP contribution in [0.5, 0.6) is 0 Å². The zero-order valence-corrected chi connectivity index (χ0v) is 83.4. The van der Waals surface area contributed by atoms with Gasteiger partial charge in [0.05, 0.1) is 381 Å². The average Bonchev–Trinajstić information content (AvgIpc) is 2.91. The second-order valence-electron chi connectivity index (χ2n) is 27.0. The van der Waals surface area contributed by atoms with Crippen LogP contribution in [0.3, 0.4) is 0 Å². The first-order valence-corrected chi connectivity index (χ1v) is 27.0. The van der Waals surface area contributed by atoms with Gasteiger partial charge in [0.2, 0.25) is 0 Å². The first-order chi connectivity index (χ1) is 31.2. The van der Waals surface area contributed by atoms with Gasteiger partial charge in [0.15, 0.2) is 0 Å². The molecular formula is C54H180Cl18N18. The van der Waals surface area contributed by atoms with Crippen molar-refractivity contribution in [3.63, 3.8) is 0 Å². The Balaban J connectivity index is -0.00000000997. The fraction of sp³-hybridized carbons (Fsp3) is 1.00. The Labute approximate surface area is 686 Å². The van der Waals surface area contributed by atoms with Gasteiger partial charge >= 0.3 is 0 Å². The molecular weight excluding hydrogens is 1540 g/mol. The molecule has 0 heterocycles. The van der Waals surface area contributed by atoms with Crippen LogP contribution in [-0.4, -0.2) is 381 Å². The van der Waals surface area contributed by atoms with E-state index in [0.717, 1.165) is 0 Å². The van der Waals surface area contributed by atoms with E-state index >= 15 is 0 Å². The van der Waals surface area contributed by atoms with Crippen LogP contribution in [0.2, 0.25) is 0 Å². The van der Waals surface area contributed by atoms with E-state index in [1.165, 1.54) is 88.2 Å². The molecule has 0 aliphatic heterocycles. The molecule has 0 atom stereocenters. The molecule has 36 heteroatoms. The lowest BCUT2D eigenvalue weighted by atomic mass is 11.0. The van der Waals surface area contributed by atoms with Crippen LogP contribution in [0.15, 0.2) is 0 Å². The Kier molecular flexibility index (Phi) is 627. The molecule has 0 aromatic rings. The SMILES string of the molecule is C[NH+](C)C.C[NH+](C)C.C[NH+](C)C.C[NH+](C)C.C[NH+](C)C.C[NH+](C)C.C[NH+](C)C.C[NH+](C)C.C[NH+](C)C.C[NH+](C)C.C[NH+](C)C.C[NH+](C)C.C[NH+](C)C.C[NH+](C)C.C[NH+](C)C.C[NH+](C)C.C[NH+](C)C.C[NH+](C)C.[Cl-].[Cl-].[Cl-].[Cl-].[Cl-].[Cl-].[Cl-].[Cl-].[Cl-].[Cl-].[Cl-].[Cl-].[Cl-].[Cl-].[Cl-].[Cl-].[Cl-].[Cl-]. The van der Waals surface area contributed by atoms with Crippen LogP contribution in [0.4, 0.5) is 0 Å².